The van der Waals surface area contributed by atoms with Crippen LogP contribution in [0.25, 0.3) is 11.0 Å². The number of fused-ring (bicyclic) bond motifs is 1. The van der Waals surface area contributed by atoms with Gasteiger partial charge in [0.05, 0.1) is 12.6 Å². The van der Waals surface area contributed by atoms with Crippen LogP contribution in [0, 0.1) is 13.8 Å². The molecule has 0 aliphatic carbocycles. The Morgan fingerprint density at radius 2 is 1.92 bits per heavy atom. The van der Waals surface area contributed by atoms with Gasteiger partial charge in [0, 0.05) is 24.5 Å². The summed E-state index contributed by atoms with van der Waals surface area (Å²) >= 11 is 0. The summed E-state index contributed by atoms with van der Waals surface area (Å²) in [6, 6.07) is 6.65. The van der Waals surface area contributed by atoms with Gasteiger partial charge in [0.1, 0.15) is 11.3 Å². The number of benzene rings is 1. The number of hydrogen-bond acceptors (Lipinski definition) is 4. The lowest BCUT2D eigenvalue weighted by molar-refractivity contribution is 0.0706. The molecule has 4 nitrogen and oxygen atoms in total. The smallest absolute Gasteiger partial charge is 0.134 e. The number of likely N-dealkylation sites (tertiary alicyclic amines) is 2. The monoisotopic (exact) mass is 328 g/mol. The number of β-amino-alcohol motifs (C(OH)–C–C–N with tert-alkyl or cyclic N) is 1. The molecule has 2 saturated heterocycles. The third-order valence-electron chi connectivity index (χ3n) is 5.75. The Hall–Kier alpha value is -1.36. The zero-order valence-corrected chi connectivity index (χ0v) is 14.8. The van der Waals surface area contributed by atoms with E-state index < -0.39 is 0 Å². The van der Waals surface area contributed by atoms with E-state index in [1.807, 2.05) is 0 Å². The van der Waals surface area contributed by atoms with Crippen molar-refractivity contribution in [3.8, 4) is 0 Å². The van der Waals surface area contributed by atoms with Gasteiger partial charge in [-0.15, -0.1) is 0 Å². The molecule has 2 aliphatic rings. The molecule has 0 bridgehead atoms. The van der Waals surface area contributed by atoms with Gasteiger partial charge in [-0.3, -0.25) is 9.80 Å². The van der Waals surface area contributed by atoms with E-state index in [-0.39, 0.29) is 12.1 Å². The Labute approximate surface area is 144 Å². The average molecular weight is 328 g/mol. The maximum atomic E-state index is 10.5. The number of aliphatic hydroxyl groups excluding tert-OH is 1. The molecule has 1 aromatic heterocycles. The van der Waals surface area contributed by atoms with Gasteiger partial charge in [-0.25, -0.2) is 0 Å². The number of furan rings is 1. The maximum Gasteiger partial charge on any atom is 0.134 e. The van der Waals surface area contributed by atoms with Gasteiger partial charge in [0.2, 0.25) is 0 Å². The second kappa shape index (κ2) is 6.51. The van der Waals surface area contributed by atoms with Crippen LogP contribution in [0.3, 0.4) is 0 Å². The fourth-order valence-electron chi connectivity index (χ4n) is 4.32. The highest BCUT2D eigenvalue weighted by atomic mass is 16.3. The van der Waals surface area contributed by atoms with Gasteiger partial charge in [-0.2, -0.15) is 0 Å². The first-order chi connectivity index (χ1) is 11.6. The zero-order chi connectivity index (χ0) is 16.7. The molecule has 2 fully saturated rings. The van der Waals surface area contributed by atoms with Gasteiger partial charge < -0.3 is 9.52 Å². The fourth-order valence-corrected chi connectivity index (χ4v) is 4.32. The van der Waals surface area contributed by atoms with Crippen LogP contribution in [-0.2, 0) is 6.54 Å². The van der Waals surface area contributed by atoms with Crippen molar-refractivity contribution in [1.29, 1.82) is 0 Å². The SMILES string of the molecule is Cc1ccc2oc(CN3C[C@H](O)[C@@H](N4CCCCC4)C3)c(C)c2c1. The van der Waals surface area contributed by atoms with E-state index in [4.69, 9.17) is 4.42 Å². The third-order valence-corrected chi connectivity index (χ3v) is 5.75. The molecular formula is C20H28N2O2. The Bertz CT molecular complexity index is 718. The van der Waals surface area contributed by atoms with Crippen molar-refractivity contribution in [3.05, 3.63) is 35.1 Å². The molecule has 0 saturated carbocycles. The molecule has 0 unspecified atom stereocenters. The summed E-state index contributed by atoms with van der Waals surface area (Å²) in [7, 11) is 0. The van der Waals surface area contributed by atoms with Crippen molar-refractivity contribution in [3.63, 3.8) is 0 Å². The van der Waals surface area contributed by atoms with Crippen molar-refractivity contribution in [2.24, 2.45) is 0 Å². The summed E-state index contributed by atoms with van der Waals surface area (Å²) in [6.45, 7) is 9.02. The van der Waals surface area contributed by atoms with Crippen LogP contribution in [0.5, 0.6) is 0 Å². The van der Waals surface area contributed by atoms with E-state index in [1.54, 1.807) is 0 Å². The first-order valence-corrected chi connectivity index (χ1v) is 9.25. The summed E-state index contributed by atoms with van der Waals surface area (Å²) in [5, 5.41) is 11.7. The van der Waals surface area contributed by atoms with Gasteiger partial charge in [0.25, 0.3) is 0 Å². The van der Waals surface area contributed by atoms with Gasteiger partial charge >= 0.3 is 0 Å². The van der Waals surface area contributed by atoms with Crippen LogP contribution in [-0.4, -0.2) is 53.2 Å². The molecule has 2 aromatic rings. The second-order valence-corrected chi connectivity index (χ2v) is 7.58. The van der Waals surface area contributed by atoms with Crippen molar-refractivity contribution < 1.29 is 9.52 Å². The van der Waals surface area contributed by atoms with Crippen LogP contribution < -0.4 is 0 Å². The first kappa shape index (κ1) is 16.1. The molecular weight excluding hydrogens is 300 g/mol. The molecule has 2 aliphatic heterocycles. The number of hydrogen-bond donors (Lipinski definition) is 1. The molecule has 0 radical (unpaired) electrons. The van der Waals surface area contributed by atoms with Crippen LogP contribution in [0.4, 0.5) is 0 Å². The van der Waals surface area contributed by atoms with E-state index in [1.165, 1.54) is 35.8 Å². The topological polar surface area (TPSA) is 39.9 Å². The van der Waals surface area contributed by atoms with Crippen LogP contribution in [0.15, 0.2) is 22.6 Å². The Balaban J connectivity index is 1.49. The number of aliphatic hydroxyl groups is 1. The molecule has 1 N–H and O–H groups in total. The Morgan fingerprint density at radius 1 is 1.12 bits per heavy atom. The average Bonchev–Trinajstić information content (AvgIpc) is 3.10. The third kappa shape index (κ3) is 2.99. The largest absolute Gasteiger partial charge is 0.459 e. The van der Waals surface area contributed by atoms with E-state index in [2.05, 4.69) is 41.8 Å². The number of rotatable bonds is 3. The summed E-state index contributed by atoms with van der Waals surface area (Å²) in [6.07, 6.45) is 3.63. The van der Waals surface area contributed by atoms with Crippen molar-refractivity contribution in [2.75, 3.05) is 26.2 Å². The van der Waals surface area contributed by atoms with E-state index >= 15 is 0 Å². The van der Waals surface area contributed by atoms with E-state index in [0.717, 1.165) is 44.1 Å². The lowest BCUT2D eigenvalue weighted by Crippen LogP contribution is -2.45. The summed E-state index contributed by atoms with van der Waals surface area (Å²) in [5.74, 6) is 1.04. The van der Waals surface area contributed by atoms with Crippen LogP contribution in [0.2, 0.25) is 0 Å². The number of nitrogens with zero attached hydrogens (tertiary/aromatic N) is 2. The molecule has 3 heterocycles. The van der Waals surface area contributed by atoms with Crippen molar-refractivity contribution >= 4 is 11.0 Å². The van der Waals surface area contributed by atoms with Gasteiger partial charge in [-0.05, 0) is 57.5 Å². The zero-order valence-electron chi connectivity index (χ0n) is 14.8. The first-order valence-electron chi connectivity index (χ1n) is 9.25. The standard InChI is InChI=1S/C20H28N2O2/c1-14-6-7-19-16(10-14)15(2)20(24-19)13-21-11-17(18(23)12-21)22-8-4-3-5-9-22/h6-7,10,17-18,23H,3-5,8-9,11-13H2,1-2H3/t17-,18-/m0/s1. The number of piperidine rings is 1. The highest BCUT2D eigenvalue weighted by Gasteiger charge is 2.36. The summed E-state index contributed by atoms with van der Waals surface area (Å²) in [4.78, 5) is 4.84. The normalized spacial score (nSPS) is 26.5. The van der Waals surface area contributed by atoms with Crippen molar-refractivity contribution in [1.82, 2.24) is 9.80 Å². The van der Waals surface area contributed by atoms with E-state index in [9.17, 15) is 5.11 Å². The summed E-state index contributed by atoms with van der Waals surface area (Å²) in [5.41, 5.74) is 3.48. The molecule has 0 spiro atoms. The predicted octanol–water partition coefficient (Wildman–Crippen LogP) is 3.08. The second-order valence-electron chi connectivity index (χ2n) is 7.58. The van der Waals surface area contributed by atoms with Crippen LogP contribution >= 0.6 is 0 Å². The highest BCUT2D eigenvalue weighted by Crippen LogP contribution is 2.29. The lowest BCUT2D eigenvalue weighted by Gasteiger charge is -2.33. The van der Waals surface area contributed by atoms with E-state index in [0.29, 0.717) is 0 Å². The van der Waals surface area contributed by atoms with Gasteiger partial charge in [0.15, 0.2) is 0 Å². The minimum Gasteiger partial charge on any atom is -0.459 e. The molecule has 0 amide bonds. The van der Waals surface area contributed by atoms with Crippen LogP contribution in [0.1, 0.15) is 36.1 Å². The lowest BCUT2D eigenvalue weighted by atomic mass is 10.1. The fraction of sp³-hybridized carbons (Fsp3) is 0.600. The van der Waals surface area contributed by atoms with Gasteiger partial charge in [-0.1, -0.05) is 18.1 Å². The minimum absolute atomic E-state index is 0.241. The molecule has 4 heteroatoms. The quantitative estimate of drug-likeness (QED) is 0.940. The predicted molar refractivity (Wildman–Crippen MR) is 96.2 cm³/mol. The molecule has 130 valence electrons. The maximum absolute atomic E-state index is 10.5. The summed E-state index contributed by atoms with van der Waals surface area (Å²) < 4.78 is 6.09. The molecule has 2 atom stereocenters. The molecule has 24 heavy (non-hydrogen) atoms. The molecule has 1 aromatic carbocycles. The molecule has 4 rings (SSSR count). The Morgan fingerprint density at radius 3 is 2.71 bits per heavy atom. The Kier molecular flexibility index (Phi) is 4.37. The van der Waals surface area contributed by atoms with Crippen molar-refractivity contribution in [2.45, 2.75) is 51.8 Å². The number of aryl methyl sites for hydroxylation is 2. The highest BCUT2D eigenvalue weighted by molar-refractivity contribution is 5.82. The minimum atomic E-state index is -0.241.